The minimum atomic E-state index is -4.02. The molecular formula is C21H20BrClFN3O4S. The summed E-state index contributed by atoms with van der Waals surface area (Å²) in [5.74, 6) is -0.0222. The lowest BCUT2D eigenvalue weighted by Gasteiger charge is -2.23. The average Bonchev–Trinajstić information content (AvgIpc) is 3.18. The number of aromatic nitrogens is 2. The molecule has 1 fully saturated rings. The van der Waals surface area contributed by atoms with E-state index in [1.807, 2.05) is 0 Å². The van der Waals surface area contributed by atoms with Crippen molar-refractivity contribution in [2.45, 2.75) is 29.9 Å². The molecule has 0 spiro atoms. The molecule has 11 heteroatoms. The number of imidazole rings is 1. The maximum Gasteiger partial charge on any atom is 0.244 e. The Bertz CT molecular complexity index is 1250. The predicted molar refractivity (Wildman–Crippen MR) is 122 cm³/mol. The normalized spacial score (nSPS) is 20.3. The Morgan fingerprint density at radius 2 is 1.91 bits per heavy atom. The Labute approximate surface area is 198 Å². The van der Waals surface area contributed by atoms with Crippen molar-refractivity contribution in [3.05, 3.63) is 57.9 Å². The van der Waals surface area contributed by atoms with Crippen molar-refractivity contribution in [1.29, 1.82) is 0 Å². The number of aliphatic hydroxyl groups excluding tert-OH is 2. The van der Waals surface area contributed by atoms with Gasteiger partial charge in [0.05, 0.1) is 33.6 Å². The third-order valence-corrected chi connectivity index (χ3v) is 8.36. The van der Waals surface area contributed by atoms with Crippen LogP contribution in [0, 0.1) is 5.82 Å². The zero-order valence-corrected chi connectivity index (χ0v) is 19.8. The van der Waals surface area contributed by atoms with E-state index in [-0.39, 0.29) is 23.0 Å². The molecule has 2 aromatic carbocycles. The standard InChI is InChI=1S/C21H20BrClFN3O4S/c22-14-5-3-12(8-16(14)24)17-10-25-21(26-17)13-4-6-15(23)20(9-13)32(30,31)27-7-1-2-18(28)19(29)11-27/h3-6,8-10,18-19,28-29H,1-2,7,11H2,(H,25,26)/t18-,19-/m0/s1. The van der Waals surface area contributed by atoms with E-state index in [1.54, 1.807) is 18.2 Å². The number of aromatic amines is 1. The van der Waals surface area contributed by atoms with Gasteiger partial charge in [-0.25, -0.2) is 17.8 Å². The van der Waals surface area contributed by atoms with Gasteiger partial charge >= 0.3 is 0 Å². The van der Waals surface area contributed by atoms with Crippen LogP contribution in [0.2, 0.25) is 5.02 Å². The molecule has 0 bridgehead atoms. The fourth-order valence-corrected chi connectivity index (χ4v) is 5.82. The average molecular weight is 545 g/mol. The summed E-state index contributed by atoms with van der Waals surface area (Å²) in [6.45, 7) is -0.0544. The molecule has 0 unspecified atom stereocenters. The lowest BCUT2D eigenvalue weighted by Crippen LogP contribution is -2.39. The third-order valence-electron chi connectivity index (χ3n) is 5.37. The molecule has 3 N–H and O–H groups in total. The first-order valence-corrected chi connectivity index (χ1v) is 12.4. The smallest absolute Gasteiger partial charge is 0.244 e. The van der Waals surface area contributed by atoms with Gasteiger partial charge < -0.3 is 15.2 Å². The highest BCUT2D eigenvalue weighted by molar-refractivity contribution is 9.10. The minimum absolute atomic E-state index is 0.0368. The molecule has 0 amide bonds. The molecule has 0 radical (unpaired) electrons. The monoisotopic (exact) mass is 543 g/mol. The number of nitrogens with zero attached hydrogens (tertiary/aromatic N) is 2. The highest BCUT2D eigenvalue weighted by Gasteiger charge is 2.33. The zero-order chi connectivity index (χ0) is 23.0. The van der Waals surface area contributed by atoms with Crippen LogP contribution in [-0.2, 0) is 10.0 Å². The number of rotatable bonds is 4. The highest BCUT2D eigenvalue weighted by atomic mass is 79.9. The van der Waals surface area contributed by atoms with E-state index in [4.69, 9.17) is 11.6 Å². The van der Waals surface area contributed by atoms with E-state index in [0.29, 0.717) is 40.0 Å². The lowest BCUT2D eigenvalue weighted by atomic mass is 10.1. The van der Waals surface area contributed by atoms with Gasteiger partial charge in [-0.05, 0) is 59.1 Å². The summed E-state index contributed by atoms with van der Waals surface area (Å²) in [5.41, 5.74) is 1.63. The van der Waals surface area contributed by atoms with Crippen LogP contribution in [0.1, 0.15) is 12.8 Å². The summed E-state index contributed by atoms with van der Waals surface area (Å²) < 4.78 is 41.9. The summed E-state index contributed by atoms with van der Waals surface area (Å²) in [6, 6.07) is 9.18. The summed E-state index contributed by atoms with van der Waals surface area (Å²) in [6.07, 6.45) is 0.121. The van der Waals surface area contributed by atoms with Crippen molar-refractivity contribution in [2.24, 2.45) is 0 Å². The fraction of sp³-hybridized carbons (Fsp3) is 0.286. The fourth-order valence-electron chi connectivity index (χ4n) is 3.57. The van der Waals surface area contributed by atoms with Crippen LogP contribution in [0.25, 0.3) is 22.6 Å². The van der Waals surface area contributed by atoms with E-state index in [9.17, 15) is 23.0 Å². The Morgan fingerprint density at radius 1 is 1.16 bits per heavy atom. The summed E-state index contributed by atoms with van der Waals surface area (Å²) >= 11 is 9.35. The molecular weight excluding hydrogens is 525 g/mol. The Balaban J connectivity index is 1.67. The Morgan fingerprint density at radius 3 is 2.66 bits per heavy atom. The number of halogens is 3. The first kappa shape index (κ1) is 23.3. The predicted octanol–water partition coefficient (Wildman–Crippen LogP) is 3.81. The lowest BCUT2D eigenvalue weighted by molar-refractivity contribution is 0.0165. The van der Waals surface area contributed by atoms with Gasteiger partial charge in [0.1, 0.15) is 16.5 Å². The van der Waals surface area contributed by atoms with Crippen molar-refractivity contribution in [3.63, 3.8) is 0 Å². The zero-order valence-electron chi connectivity index (χ0n) is 16.7. The van der Waals surface area contributed by atoms with Gasteiger partial charge in [-0.2, -0.15) is 4.31 Å². The number of hydrogen-bond donors (Lipinski definition) is 3. The van der Waals surface area contributed by atoms with E-state index in [0.717, 1.165) is 4.31 Å². The molecule has 1 aliphatic heterocycles. The van der Waals surface area contributed by atoms with Gasteiger partial charge in [0.15, 0.2) is 0 Å². The van der Waals surface area contributed by atoms with Crippen molar-refractivity contribution < 1.29 is 23.0 Å². The molecule has 1 aromatic heterocycles. The number of β-amino-alcohol motifs (C(OH)–C–C–N with tert-alkyl or cyclic N) is 1. The second kappa shape index (κ2) is 9.20. The molecule has 0 saturated carbocycles. The van der Waals surface area contributed by atoms with Gasteiger partial charge in [0.2, 0.25) is 10.0 Å². The van der Waals surface area contributed by atoms with Crippen molar-refractivity contribution in [3.8, 4) is 22.6 Å². The quantitative estimate of drug-likeness (QED) is 0.463. The minimum Gasteiger partial charge on any atom is -0.390 e. The van der Waals surface area contributed by atoms with Gasteiger partial charge in [-0.3, -0.25) is 0 Å². The molecule has 3 aromatic rings. The first-order chi connectivity index (χ1) is 15.2. The number of aliphatic hydroxyl groups is 2. The summed E-state index contributed by atoms with van der Waals surface area (Å²) in [5, 5.41) is 19.9. The molecule has 7 nitrogen and oxygen atoms in total. The molecule has 170 valence electrons. The van der Waals surface area contributed by atoms with Crippen LogP contribution in [0.5, 0.6) is 0 Å². The van der Waals surface area contributed by atoms with Crippen molar-refractivity contribution in [1.82, 2.24) is 14.3 Å². The van der Waals surface area contributed by atoms with Gasteiger partial charge in [-0.1, -0.05) is 17.7 Å². The largest absolute Gasteiger partial charge is 0.390 e. The summed E-state index contributed by atoms with van der Waals surface area (Å²) in [7, 11) is -4.02. The van der Waals surface area contributed by atoms with E-state index in [1.165, 1.54) is 24.4 Å². The van der Waals surface area contributed by atoms with E-state index >= 15 is 0 Å². The molecule has 2 heterocycles. The molecule has 1 saturated heterocycles. The maximum absolute atomic E-state index is 13.9. The van der Waals surface area contributed by atoms with Crippen LogP contribution in [0.15, 0.2) is 52.0 Å². The number of H-pyrrole nitrogens is 1. The second-order valence-electron chi connectivity index (χ2n) is 7.56. The summed E-state index contributed by atoms with van der Waals surface area (Å²) in [4.78, 5) is 7.26. The van der Waals surface area contributed by atoms with Crippen LogP contribution in [0.4, 0.5) is 4.39 Å². The van der Waals surface area contributed by atoms with Crippen LogP contribution < -0.4 is 0 Å². The molecule has 2 atom stereocenters. The second-order valence-corrected chi connectivity index (χ2v) is 10.7. The Kier molecular flexibility index (Phi) is 6.71. The number of nitrogens with one attached hydrogen (secondary N) is 1. The van der Waals surface area contributed by atoms with Gasteiger partial charge in [0.25, 0.3) is 0 Å². The van der Waals surface area contributed by atoms with Gasteiger partial charge in [-0.15, -0.1) is 0 Å². The SMILES string of the molecule is O=S(=O)(c1cc(-c2ncc(-c3ccc(Br)c(F)c3)[nH]2)ccc1Cl)N1CCC[C@H](O)[C@@H](O)C1. The van der Waals surface area contributed by atoms with Crippen LogP contribution >= 0.6 is 27.5 Å². The highest BCUT2D eigenvalue weighted by Crippen LogP contribution is 2.32. The first-order valence-electron chi connectivity index (χ1n) is 9.83. The van der Waals surface area contributed by atoms with Crippen molar-refractivity contribution in [2.75, 3.05) is 13.1 Å². The van der Waals surface area contributed by atoms with E-state index in [2.05, 4.69) is 25.9 Å². The van der Waals surface area contributed by atoms with E-state index < -0.39 is 28.0 Å². The van der Waals surface area contributed by atoms with Crippen LogP contribution in [-0.4, -0.2) is 58.2 Å². The Hall–Kier alpha value is -1.82. The number of benzene rings is 2. The molecule has 0 aliphatic carbocycles. The number of hydrogen-bond acceptors (Lipinski definition) is 5. The number of sulfonamides is 1. The maximum atomic E-state index is 13.9. The van der Waals surface area contributed by atoms with Crippen molar-refractivity contribution >= 4 is 37.6 Å². The molecule has 1 aliphatic rings. The third kappa shape index (κ3) is 4.61. The topological polar surface area (TPSA) is 107 Å². The van der Waals surface area contributed by atoms with Gasteiger partial charge in [0, 0.05) is 24.2 Å². The molecule has 32 heavy (non-hydrogen) atoms. The van der Waals surface area contributed by atoms with Crippen LogP contribution in [0.3, 0.4) is 0 Å². The molecule has 4 rings (SSSR count).